The van der Waals surface area contributed by atoms with Gasteiger partial charge in [0.05, 0.1) is 6.04 Å². The Morgan fingerprint density at radius 1 is 1.29 bits per heavy atom. The van der Waals surface area contributed by atoms with Crippen molar-refractivity contribution >= 4 is 22.2 Å². The lowest BCUT2D eigenvalue weighted by Crippen LogP contribution is -2.35. The Morgan fingerprint density at radius 2 is 2.08 bits per heavy atom. The SMILES string of the molecule is O=C(c1cnc2sccn2c1=O)N1CCCC1c1ccc(F)cc1. The van der Waals surface area contributed by atoms with Gasteiger partial charge in [-0.25, -0.2) is 9.37 Å². The molecule has 3 heterocycles. The van der Waals surface area contributed by atoms with Gasteiger partial charge in [-0.2, -0.15) is 0 Å². The maximum atomic E-state index is 13.1. The first-order chi connectivity index (χ1) is 11.6. The van der Waals surface area contributed by atoms with Gasteiger partial charge in [-0.05, 0) is 30.5 Å². The summed E-state index contributed by atoms with van der Waals surface area (Å²) >= 11 is 1.34. The zero-order valence-corrected chi connectivity index (χ0v) is 13.5. The molecule has 2 aromatic heterocycles. The highest BCUT2D eigenvalue weighted by Crippen LogP contribution is 2.32. The van der Waals surface area contributed by atoms with E-state index < -0.39 is 0 Å². The van der Waals surface area contributed by atoms with Crippen molar-refractivity contribution in [3.8, 4) is 0 Å². The molecular formula is C17H14FN3O2S. The van der Waals surface area contributed by atoms with E-state index in [1.165, 1.54) is 34.1 Å². The Balaban J connectivity index is 1.70. The molecule has 1 atom stereocenters. The van der Waals surface area contributed by atoms with Crippen LogP contribution >= 0.6 is 11.3 Å². The fraction of sp³-hybridized carbons (Fsp3) is 0.235. The summed E-state index contributed by atoms with van der Waals surface area (Å²) < 4.78 is 14.5. The smallest absolute Gasteiger partial charge is 0.271 e. The lowest BCUT2D eigenvalue weighted by Gasteiger charge is -2.24. The molecule has 0 bridgehead atoms. The van der Waals surface area contributed by atoms with E-state index in [9.17, 15) is 14.0 Å². The lowest BCUT2D eigenvalue weighted by atomic mass is 10.0. The molecule has 7 heteroatoms. The Kier molecular flexibility index (Phi) is 3.65. The summed E-state index contributed by atoms with van der Waals surface area (Å²) in [6.07, 6.45) is 4.63. The number of likely N-dealkylation sites (tertiary alicyclic amines) is 1. The average molecular weight is 343 g/mol. The Hall–Kier alpha value is -2.54. The Bertz CT molecular complexity index is 964. The van der Waals surface area contributed by atoms with Crippen LogP contribution in [0.3, 0.4) is 0 Å². The molecular weight excluding hydrogens is 329 g/mol. The van der Waals surface area contributed by atoms with Gasteiger partial charge in [-0.3, -0.25) is 14.0 Å². The van der Waals surface area contributed by atoms with Gasteiger partial charge in [0, 0.05) is 24.3 Å². The molecule has 0 radical (unpaired) electrons. The maximum Gasteiger partial charge on any atom is 0.271 e. The molecule has 1 saturated heterocycles. The summed E-state index contributed by atoms with van der Waals surface area (Å²) in [5.41, 5.74) is 0.600. The average Bonchev–Trinajstić information content (AvgIpc) is 3.25. The number of hydrogen-bond acceptors (Lipinski definition) is 4. The number of aromatic nitrogens is 2. The number of halogens is 1. The van der Waals surface area contributed by atoms with Crippen molar-refractivity contribution in [1.29, 1.82) is 0 Å². The number of benzene rings is 1. The number of hydrogen-bond donors (Lipinski definition) is 0. The molecule has 0 aliphatic carbocycles. The van der Waals surface area contributed by atoms with Crippen LogP contribution in [0.15, 0.2) is 46.8 Å². The van der Waals surface area contributed by atoms with Crippen LogP contribution in [0.4, 0.5) is 4.39 Å². The van der Waals surface area contributed by atoms with Gasteiger partial charge in [-0.1, -0.05) is 12.1 Å². The highest BCUT2D eigenvalue weighted by Gasteiger charge is 2.32. The van der Waals surface area contributed by atoms with Crippen molar-refractivity contribution < 1.29 is 9.18 Å². The monoisotopic (exact) mass is 343 g/mol. The van der Waals surface area contributed by atoms with Crippen molar-refractivity contribution in [3.63, 3.8) is 0 Å². The minimum absolute atomic E-state index is 0.0694. The van der Waals surface area contributed by atoms with E-state index in [2.05, 4.69) is 4.98 Å². The van der Waals surface area contributed by atoms with E-state index in [0.717, 1.165) is 18.4 Å². The van der Waals surface area contributed by atoms with Crippen LogP contribution in [0.1, 0.15) is 34.8 Å². The summed E-state index contributed by atoms with van der Waals surface area (Å²) in [7, 11) is 0. The van der Waals surface area contributed by atoms with E-state index in [1.54, 1.807) is 28.6 Å². The second kappa shape index (κ2) is 5.83. The van der Waals surface area contributed by atoms with E-state index in [0.29, 0.717) is 11.5 Å². The molecule has 0 N–H and O–H groups in total. The number of nitrogens with zero attached hydrogens (tertiary/aromatic N) is 3. The molecule has 1 aliphatic heterocycles. The molecule has 122 valence electrons. The molecule has 4 rings (SSSR count). The summed E-state index contributed by atoms with van der Waals surface area (Å²) in [6.45, 7) is 0.576. The van der Waals surface area contributed by atoms with Gasteiger partial charge in [0.25, 0.3) is 11.5 Å². The van der Waals surface area contributed by atoms with Crippen molar-refractivity contribution in [1.82, 2.24) is 14.3 Å². The first-order valence-electron chi connectivity index (χ1n) is 7.66. The number of carbonyl (C=O) groups is 1. The lowest BCUT2D eigenvalue weighted by molar-refractivity contribution is 0.0733. The zero-order valence-electron chi connectivity index (χ0n) is 12.7. The Labute approximate surface area is 141 Å². The van der Waals surface area contributed by atoms with Crippen molar-refractivity contribution in [3.05, 3.63) is 69.3 Å². The predicted molar refractivity (Wildman–Crippen MR) is 88.8 cm³/mol. The second-order valence-corrected chi connectivity index (χ2v) is 6.61. The predicted octanol–water partition coefficient (Wildman–Crippen LogP) is 2.87. The van der Waals surface area contributed by atoms with Crippen LogP contribution in [0, 0.1) is 5.82 Å². The highest BCUT2D eigenvalue weighted by atomic mass is 32.1. The topological polar surface area (TPSA) is 54.7 Å². The molecule has 1 amide bonds. The van der Waals surface area contributed by atoms with Gasteiger partial charge in [0.15, 0.2) is 4.96 Å². The first kappa shape index (κ1) is 15.0. The van der Waals surface area contributed by atoms with Crippen LogP contribution in [0.25, 0.3) is 4.96 Å². The molecule has 5 nitrogen and oxygen atoms in total. The Morgan fingerprint density at radius 3 is 2.88 bits per heavy atom. The molecule has 1 unspecified atom stereocenters. The van der Waals surface area contributed by atoms with Crippen LogP contribution in [0.2, 0.25) is 0 Å². The fourth-order valence-corrected chi connectivity index (χ4v) is 3.84. The van der Waals surface area contributed by atoms with Crippen molar-refractivity contribution in [2.24, 2.45) is 0 Å². The van der Waals surface area contributed by atoms with E-state index in [1.807, 2.05) is 0 Å². The van der Waals surface area contributed by atoms with Crippen LogP contribution in [-0.2, 0) is 0 Å². The van der Waals surface area contributed by atoms with Gasteiger partial charge >= 0.3 is 0 Å². The third kappa shape index (κ3) is 2.41. The molecule has 1 fully saturated rings. The van der Waals surface area contributed by atoms with Crippen molar-refractivity contribution in [2.45, 2.75) is 18.9 Å². The summed E-state index contributed by atoms with van der Waals surface area (Å²) in [4.78, 5) is 31.8. The van der Waals surface area contributed by atoms with E-state index >= 15 is 0 Å². The highest BCUT2D eigenvalue weighted by molar-refractivity contribution is 7.15. The molecule has 0 saturated carbocycles. The standard InChI is InChI=1S/C17H14FN3O2S/c18-12-5-3-11(4-6-12)14-2-1-7-20(14)15(22)13-10-19-17-21(16(13)23)8-9-24-17/h3-6,8-10,14H,1-2,7H2. The van der Waals surface area contributed by atoms with Crippen LogP contribution in [0.5, 0.6) is 0 Å². The van der Waals surface area contributed by atoms with Gasteiger partial charge in [0.1, 0.15) is 11.4 Å². The molecule has 3 aromatic rings. The minimum Gasteiger partial charge on any atom is -0.331 e. The summed E-state index contributed by atoms with van der Waals surface area (Å²) in [5, 5.41) is 1.76. The van der Waals surface area contributed by atoms with Crippen LogP contribution < -0.4 is 5.56 Å². The minimum atomic E-state index is -0.351. The second-order valence-electron chi connectivity index (χ2n) is 5.74. The van der Waals surface area contributed by atoms with Gasteiger partial charge < -0.3 is 4.90 Å². The normalized spacial score (nSPS) is 17.5. The maximum absolute atomic E-state index is 13.1. The molecule has 1 aromatic carbocycles. The number of carbonyl (C=O) groups excluding carboxylic acids is 1. The van der Waals surface area contributed by atoms with E-state index in [4.69, 9.17) is 0 Å². The number of amides is 1. The van der Waals surface area contributed by atoms with Gasteiger partial charge in [-0.15, -0.1) is 11.3 Å². The number of thiazole rings is 1. The van der Waals surface area contributed by atoms with Gasteiger partial charge in [0.2, 0.25) is 0 Å². The third-order valence-electron chi connectivity index (χ3n) is 4.34. The largest absolute Gasteiger partial charge is 0.331 e. The van der Waals surface area contributed by atoms with Crippen molar-refractivity contribution in [2.75, 3.05) is 6.54 Å². The summed E-state index contributed by atoms with van der Waals surface area (Å²) in [6, 6.07) is 6.03. The third-order valence-corrected chi connectivity index (χ3v) is 5.11. The van der Waals surface area contributed by atoms with E-state index in [-0.39, 0.29) is 28.9 Å². The number of fused-ring (bicyclic) bond motifs is 1. The summed E-state index contributed by atoms with van der Waals surface area (Å²) in [5.74, 6) is -0.625. The molecule has 24 heavy (non-hydrogen) atoms. The zero-order chi connectivity index (χ0) is 16.7. The van der Waals surface area contributed by atoms with Crippen LogP contribution in [-0.4, -0.2) is 26.7 Å². The molecule has 1 aliphatic rings. The molecule has 0 spiro atoms. The quantitative estimate of drug-likeness (QED) is 0.719. The first-order valence-corrected chi connectivity index (χ1v) is 8.54. The number of rotatable bonds is 2. The fourth-order valence-electron chi connectivity index (χ4n) is 3.17.